The molecule has 0 aromatic heterocycles. The highest BCUT2D eigenvalue weighted by atomic mass is 35.5. The van der Waals surface area contributed by atoms with Crippen LogP contribution >= 0.6 is 23.2 Å². The number of benzene rings is 1. The third kappa shape index (κ3) is 2.26. The SMILES string of the molecule is O=C1ON=C(CCl)/C1=C\c1ccc(Cl)cc1. The summed E-state index contributed by atoms with van der Waals surface area (Å²) in [5.74, 6) is -0.337. The summed E-state index contributed by atoms with van der Waals surface area (Å²) >= 11 is 11.4. The van der Waals surface area contributed by atoms with Crippen LogP contribution in [-0.4, -0.2) is 17.6 Å². The molecule has 0 saturated heterocycles. The first-order valence-corrected chi connectivity index (χ1v) is 5.44. The number of oxime groups is 1. The lowest BCUT2D eigenvalue weighted by Gasteiger charge is -1.96. The van der Waals surface area contributed by atoms with Crippen LogP contribution in [0.3, 0.4) is 0 Å². The molecule has 1 heterocycles. The average Bonchev–Trinajstić information content (AvgIpc) is 2.63. The standard InChI is InChI=1S/C11H7Cl2NO2/c12-6-10-9(11(15)16-14-10)5-7-1-3-8(13)4-2-7/h1-5H,6H2/b9-5+. The highest BCUT2D eigenvalue weighted by Crippen LogP contribution is 2.18. The molecule has 0 radical (unpaired) electrons. The molecule has 0 fully saturated rings. The summed E-state index contributed by atoms with van der Waals surface area (Å²) in [7, 11) is 0. The third-order valence-electron chi connectivity index (χ3n) is 2.08. The van der Waals surface area contributed by atoms with Crippen molar-refractivity contribution in [3.63, 3.8) is 0 Å². The largest absolute Gasteiger partial charge is 0.367 e. The summed E-state index contributed by atoms with van der Waals surface area (Å²) < 4.78 is 0. The van der Waals surface area contributed by atoms with Crippen LogP contribution in [0.5, 0.6) is 0 Å². The Morgan fingerprint density at radius 3 is 2.62 bits per heavy atom. The van der Waals surface area contributed by atoms with Gasteiger partial charge in [-0.25, -0.2) is 4.79 Å². The molecule has 0 atom stereocenters. The molecule has 1 aliphatic rings. The van der Waals surface area contributed by atoms with Crippen LogP contribution in [0.1, 0.15) is 5.56 Å². The number of carbonyl (C=O) groups is 1. The van der Waals surface area contributed by atoms with E-state index in [-0.39, 0.29) is 5.88 Å². The molecule has 0 spiro atoms. The molecule has 3 nitrogen and oxygen atoms in total. The minimum Gasteiger partial charge on any atom is -0.312 e. The fourth-order valence-corrected chi connectivity index (χ4v) is 1.60. The molecule has 0 amide bonds. The van der Waals surface area contributed by atoms with Crippen molar-refractivity contribution >= 4 is 41.0 Å². The predicted octanol–water partition coefficient (Wildman–Crippen LogP) is 2.88. The zero-order valence-corrected chi connectivity index (χ0v) is 9.63. The molecule has 2 rings (SSSR count). The van der Waals surface area contributed by atoms with E-state index >= 15 is 0 Å². The van der Waals surface area contributed by atoms with Gasteiger partial charge in [0.15, 0.2) is 0 Å². The average molecular weight is 256 g/mol. The summed E-state index contributed by atoms with van der Waals surface area (Å²) in [6.07, 6.45) is 1.67. The Morgan fingerprint density at radius 2 is 2.00 bits per heavy atom. The van der Waals surface area contributed by atoms with Gasteiger partial charge in [-0.15, -0.1) is 11.6 Å². The Bertz CT molecular complexity index is 477. The van der Waals surface area contributed by atoms with E-state index in [0.29, 0.717) is 16.3 Å². The molecular formula is C11H7Cl2NO2. The highest BCUT2D eigenvalue weighted by Gasteiger charge is 2.24. The van der Waals surface area contributed by atoms with Crippen molar-refractivity contribution < 1.29 is 9.63 Å². The number of alkyl halides is 1. The number of rotatable bonds is 2. The van der Waals surface area contributed by atoms with E-state index in [1.54, 1.807) is 30.3 Å². The first-order chi connectivity index (χ1) is 7.70. The van der Waals surface area contributed by atoms with E-state index in [1.807, 2.05) is 0 Å². The van der Waals surface area contributed by atoms with Crippen molar-refractivity contribution in [1.29, 1.82) is 0 Å². The fourth-order valence-electron chi connectivity index (χ4n) is 1.28. The lowest BCUT2D eigenvalue weighted by Crippen LogP contribution is -2.06. The van der Waals surface area contributed by atoms with Crippen LogP contribution in [-0.2, 0) is 9.63 Å². The van der Waals surface area contributed by atoms with Gasteiger partial charge in [0.1, 0.15) is 5.71 Å². The quantitative estimate of drug-likeness (QED) is 0.463. The molecule has 0 aliphatic carbocycles. The fraction of sp³-hybridized carbons (Fsp3) is 0.0909. The van der Waals surface area contributed by atoms with Gasteiger partial charge >= 0.3 is 5.97 Å². The number of carbonyl (C=O) groups excluding carboxylic acids is 1. The van der Waals surface area contributed by atoms with E-state index in [9.17, 15) is 4.79 Å². The second kappa shape index (κ2) is 4.68. The molecule has 16 heavy (non-hydrogen) atoms. The summed E-state index contributed by atoms with van der Waals surface area (Å²) in [6, 6.07) is 7.08. The lowest BCUT2D eigenvalue weighted by molar-refractivity contribution is -0.136. The van der Waals surface area contributed by atoms with E-state index in [1.165, 1.54) is 0 Å². The maximum absolute atomic E-state index is 11.3. The molecule has 0 saturated carbocycles. The maximum atomic E-state index is 11.3. The molecule has 0 unspecified atom stereocenters. The van der Waals surface area contributed by atoms with E-state index in [0.717, 1.165) is 5.56 Å². The maximum Gasteiger partial charge on any atom is 0.367 e. The van der Waals surface area contributed by atoms with Gasteiger partial charge in [-0.3, -0.25) is 0 Å². The van der Waals surface area contributed by atoms with Crippen LogP contribution in [0, 0.1) is 0 Å². The molecular weight excluding hydrogens is 249 g/mol. The number of hydrogen-bond acceptors (Lipinski definition) is 3. The van der Waals surface area contributed by atoms with E-state index in [4.69, 9.17) is 23.2 Å². The number of nitrogens with zero attached hydrogens (tertiary/aromatic N) is 1. The Morgan fingerprint density at radius 1 is 1.31 bits per heavy atom. The van der Waals surface area contributed by atoms with Gasteiger partial charge in [-0.2, -0.15) is 0 Å². The van der Waals surface area contributed by atoms with Gasteiger partial charge in [-0.05, 0) is 23.8 Å². The van der Waals surface area contributed by atoms with Crippen molar-refractivity contribution in [2.45, 2.75) is 0 Å². The lowest BCUT2D eigenvalue weighted by atomic mass is 10.1. The van der Waals surface area contributed by atoms with Gasteiger partial charge in [0.2, 0.25) is 0 Å². The van der Waals surface area contributed by atoms with Crippen molar-refractivity contribution in [2.24, 2.45) is 5.16 Å². The van der Waals surface area contributed by atoms with Crippen molar-refractivity contribution in [2.75, 3.05) is 5.88 Å². The zero-order valence-electron chi connectivity index (χ0n) is 8.11. The van der Waals surface area contributed by atoms with Crippen molar-refractivity contribution in [1.82, 2.24) is 0 Å². The van der Waals surface area contributed by atoms with E-state index < -0.39 is 5.97 Å². The van der Waals surface area contributed by atoms with Crippen molar-refractivity contribution in [3.8, 4) is 0 Å². The zero-order chi connectivity index (χ0) is 11.5. The van der Waals surface area contributed by atoms with Crippen LogP contribution in [0.15, 0.2) is 35.0 Å². The number of hydrogen-bond donors (Lipinski definition) is 0. The number of halogens is 2. The highest BCUT2D eigenvalue weighted by molar-refractivity contribution is 6.38. The third-order valence-corrected chi connectivity index (χ3v) is 2.58. The molecule has 5 heteroatoms. The summed E-state index contributed by atoms with van der Waals surface area (Å²) in [5, 5.41) is 4.21. The molecule has 0 bridgehead atoms. The molecule has 82 valence electrons. The van der Waals surface area contributed by atoms with Crippen LogP contribution < -0.4 is 0 Å². The molecule has 0 N–H and O–H groups in total. The van der Waals surface area contributed by atoms with E-state index in [2.05, 4.69) is 9.99 Å². The minimum absolute atomic E-state index is 0.144. The monoisotopic (exact) mass is 255 g/mol. The Labute approximate surface area is 102 Å². The van der Waals surface area contributed by atoms with Gasteiger partial charge < -0.3 is 4.84 Å². The molecule has 1 aromatic carbocycles. The van der Waals surface area contributed by atoms with Crippen LogP contribution in [0.2, 0.25) is 5.02 Å². The first kappa shape index (κ1) is 11.2. The van der Waals surface area contributed by atoms with Gasteiger partial charge in [-0.1, -0.05) is 28.9 Å². The molecule has 1 aromatic rings. The van der Waals surface area contributed by atoms with Gasteiger partial charge in [0, 0.05) is 5.02 Å². The Kier molecular flexibility index (Phi) is 3.27. The second-order valence-electron chi connectivity index (χ2n) is 3.16. The smallest absolute Gasteiger partial charge is 0.312 e. The molecule has 1 aliphatic heterocycles. The topological polar surface area (TPSA) is 38.7 Å². The summed E-state index contributed by atoms with van der Waals surface area (Å²) in [6.45, 7) is 0. The second-order valence-corrected chi connectivity index (χ2v) is 3.86. The summed E-state index contributed by atoms with van der Waals surface area (Å²) in [4.78, 5) is 15.9. The van der Waals surface area contributed by atoms with Crippen molar-refractivity contribution in [3.05, 3.63) is 40.4 Å². The minimum atomic E-state index is -0.481. The van der Waals surface area contributed by atoms with Crippen LogP contribution in [0.4, 0.5) is 0 Å². The van der Waals surface area contributed by atoms with Gasteiger partial charge in [0.05, 0.1) is 11.5 Å². The first-order valence-electron chi connectivity index (χ1n) is 4.52. The Hall–Kier alpha value is -1.32. The van der Waals surface area contributed by atoms with Gasteiger partial charge in [0.25, 0.3) is 0 Å². The predicted molar refractivity (Wildman–Crippen MR) is 63.7 cm³/mol. The van der Waals surface area contributed by atoms with Crippen LogP contribution in [0.25, 0.3) is 6.08 Å². The normalized spacial score (nSPS) is 17.5. The Balaban J connectivity index is 2.33. The summed E-state index contributed by atoms with van der Waals surface area (Å²) in [5.41, 5.74) is 1.68.